The molecule has 10 heteroatoms. The molecule has 0 bridgehead atoms. The average Bonchev–Trinajstić information content (AvgIpc) is 1.66. The first kappa shape index (κ1) is 16.6. The second-order valence-corrected chi connectivity index (χ2v) is 1.34. The van der Waals surface area contributed by atoms with E-state index in [1.54, 1.807) is 0 Å². The molecule has 0 radical (unpaired) electrons. The molecule has 10 heavy (non-hydrogen) atoms. The summed E-state index contributed by atoms with van der Waals surface area (Å²) in [4.78, 5) is 17.0. The predicted octanol–water partition coefficient (Wildman–Crippen LogP) is -1.25. The van der Waals surface area contributed by atoms with E-state index in [1.807, 2.05) is 0 Å². The molecule has 0 aliphatic rings. The Morgan fingerprint density at radius 1 is 0.800 bits per heavy atom. The van der Waals surface area contributed by atoms with Crippen molar-refractivity contribution in [1.82, 2.24) is 0 Å². The topological polar surface area (TPSA) is 131 Å². The Morgan fingerprint density at radius 3 is 0.800 bits per heavy atom. The third-order valence-electron chi connectivity index (χ3n) is 0. The molecule has 0 rings (SSSR count). The van der Waals surface area contributed by atoms with E-state index in [1.165, 1.54) is 0 Å². The van der Waals surface area contributed by atoms with E-state index in [2.05, 4.69) is 0 Å². The molecule has 0 spiro atoms. The van der Waals surface area contributed by atoms with E-state index in [4.69, 9.17) is 31.7 Å². The number of hydrogen-bond acceptors (Lipinski definition) is 7. The molecular weight excluding hydrogens is 225 g/mol. The Kier molecular flexibility index (Phi) is 26.6. The summed E-state index contributed by atoms with van der Waals surface area (Å²) in [6, 6.07) is 0. The van der Waals surface area contributed by atoms with Crippen molar-refractivity contribution in [2.75, 3.05) is 0 Å². The Balaban J connectivity index is -0.0000000787. The van der Waals surface area contributed by atoms with Crippen LogP contribution in [0.15, 0.2) is 0 Å². The monoisotopic (exact) mass is 225 g/mol. The van der Waals surface area contributed by atoms with Gasteiger partial charge in [-0.1, -0.05) is 0 Å². The van der Waals surface area contributed by atoms with E-state index in [9.17, 15) is 0 Å². The fourth-order valence-corrected chi connectivity index (χ4v) is 0. The van der Waals surface area contributed by atoms with Crippen LogP contribution >= 0.6 is 15.8 Å². The first-order valence-electron chi connectivity index (χ1n) is 1.28. The van der Waals surface area contributed by atoms with E-state index in [-0.39, 0.29) is 0 Å². The molecule has 0 aromatic rings. The van der Waals surface area contributed by atoms with Gasteiger partial charge >= 0.3 is 21.0 Å². The fourth-order valence-electron chi connectivity index (χ4n) is 0. The second kappa shape index (κ2) is 16.0. The molecule has 0 heterocycles. The molecule has 0 unspecified atom stereocenters. The molecule has 0 aliphatic carbocycles. The van der Waals surface area contributed by atoms with Crippen molar-refractivity contribution in [2.24, 2.45) is 0 Å². The van der Waals surface area contributed by atoms with Crippen LogP contribution in [0.2, 0.25) is 0 Å². The molecule has 0 atom stereocenters. The van der Waals surface area contributed by atoms with Crippen LogP contribution in [0.4, 0.5) is 0 Å². The molecule has 0 aliphatic heterocycles. The van der Waals surface area contributed by atoms with Gasteiger partial charge in [0.15, 0.2) is 0 Å². The summed E-state index contributed by atoms with van der Waals surface area (Å²) >= 11 is 1.06. The van der Waals surface area contributed by atoms with Crippen LogP contribution in [0.3, 0.4) is 0 Å². The second-order valence-electron chi connectivity index (χ2n) is 0.447. The summed E-state index contributed by atoms with van der Waals surface area (Å²) in [5, 5.41) is 0. The minimum atomic E-state index is -3.37. The van der Waals surface area contributed by atoms with Gasteiger partial charge in [0.2, 0.25) is 15.8 Å². The van der Waals surface area contributed by atoms with Crippen molar-refractivity contribution in [3.63, 3.8) is 0 Å². The zero-order valence-corrected chi connectivity index (χ0v) is 7.38. The van der Waals surface area contributed by atoms with E-state index < -0.39 is 15.8 Å². The predicted molar refractivity (Wildman–Crippen MR) is 17.3 cm³/mol. The van der Waals surface area contributed by atoms with Crippen LogP contribution < -0.4 is 9.79 Å². The van der Waals surface area contributed by atoms with Gasteiger partial charge in [-0.05, 0) is 0 Å². The van der Waals surface area contributed by atoms with Crippen molar-refractivity contribution in [3.8, 4) is 0 Å². The van der Waals surface area contributed by atoms with Gasteiger partial charge in [-0.25, -0.2) is 0 Å². The van der Waals surface area contributed by atoms with Gasteiger partial charge in [-0.2, -0.15) is 0 Å². The van der Waals surface area contributed by atoms with Crippen molar-refractivity contribution in [2.45, 2.75) is 0 Å². The van der Waals surface area contributed by atoms with Crippen molar-refractivity contribution in [3.05, 3.63) is 0 Å². The Labute approximate surface area is 65.5 Å². The summed E-state index contributed by atoms with van der Waals surface area (Å²) in [5.41, 5.74) is 0. The number of rotatable bonds is 0. The quantitative estimate of drug-likeness (QED) is 0.470. The van der Waals surface area contributed by atoms with Gasteiger partial charge in [0.1, 0.15) is 0 Å². The molecule has 0 aromatic carbocycles. The standard InChI is InChI=1S/2HO3P.O.V/c2*1-4(2)3;;/h2*(H,1,2,3);;/q;;;+2/p-2. The molecule has 57 valence electrons. The molecule has 7 nitrogen and oxygen atoms in total. The van der Waals surface area contributed by atoms with Gasteiger partial charge in [0.25, 0.3) is 0 Å². The van der Waals surface area contributed by atoms with Gasteiger partial charge in [-0.3, -0.25) is 18.3 Å². The van der Waals surface area contributed by atoms with Crippen molar-refractivity contribution < 1.29 is 49.1 Å². The maximum atomic E-state index is 8.48. The van der Waals surface area contributed by atoms with E-state index >= 15 is 0 Å². The number of hydrogen-bond donors (Lipinski definition) is 0. The fraction of sp³-hybridized carbons (Fsp3) is 0. The van der Waals surface area contributed by atoms with Crippen LogP contribution in [-0.2, 0) is 39.3 Å². The molecule has 0 aromatic heterocycles. The maximum absolute atomic E-state index is 8.48. The minimum absolute atomic E-state index is 1.06. The van der Waals surface area contributed by atoms with Gasteiger partial charge in [-0.15, -0.1) is 0 Å². The van der Waals surface area contributed by atoms with Gasteiger partial charge in [0, 0.05) is 0 Å². The van der Waals surface area contributed by atoms with E-state index in [0.29, 0.717) is 0 Å². The normalized spacial score (nSPS) is 5.60. The zero-order valence-electron chi connectivity index (χ0n) is 4.20. The first-order valence-corrected chi connectivity index (χ1v) is 4.04. The first-order chi connectivity index (χ1) is 4.46. The molecular formula is O7P2V. The Bertz CT molecular complexity index is 140. The van der Waals surface area contributed by atoms with Crippen LogP contribution in [0.5, 0.6) is 0 Å². The summed E-state index contributed by atoms with van der Waals surface area (Å²) in [5.74, 6) is 0. The summed E-state index contributed by atoms with van der Waals surface area (Å²) in [7, 11) is -6.74. The summed E-state index contributed by atoms with van der Waals surface area (Å²) in [6.07, 6.45) is 0. The SMILES string of the molecule is O=P(=O)[O-].O=P(=O)[O-].[O]=[V+2]. The molecule has 0 saturated carbocycles. The van der Waals surface area contributed by atoms with Gasteiger partial charge < -0.3 is 9.79 Å². The van der Waals surface area contributed by atoms with Gasteiger partial charge in [0.05, 0.1) is 0 Å². The molecule has 0 N–H and O–H groups in total. The Hall–Kier alpha value is 0.104. The summed E-state index contributed by atoms with van der Waals surface area (Å²) < 4.78 is 42.1. The summed E-state index contributed by atoms with van der Waals surface area (Å²) in [6.45, 7) is 0. The third kappa shape index (κ3) is 37500. The van der Waals surface area contributed by atoms with Crippen molar-refractivity contribution in [1.29, 1.82) is 0 Å². The van der Waals surface area contributed by atoms with Crippen LogP contribution in [-0.4, -0.2) is 0 Å². The average molecular weight is 225 g/mol. The molecule has 0 amide bonds. The van der Waals surface area contributed by atoms with Crippen LogP contribution in [0.1, 0.15) is 0 Å². The molecule has 0 fully saturated rings. The zero-order chi connectivity index (χ0) is 9.15. The van der Waals surface area contributed by atoms with Crippen LogP contribution in [0.25, 0.3) is 0 Å². The van der Waals surface area contributed by atoms with Crippen molar-refractivity contribution >= 4 is 15.8 Å². The Morgan fingerprint density at radius 2 is 0.800 bits per heavy atom. The molecule has 0 saturated heterocycles. The third-order valence-corrected chi connectivity index (χ3v) is 0. The van der Waals surface area contributed by atoms with E-state index in [0.717, 1.165) is 17.4 Å². The van der Waals surface area contributed by atoms with Crippen LogP contribution in [0, 0.1) is 0 Å².